The molecule has 2 N–H and O–H groups in total. The molecule has 1 heterocycles. The van der Waals surface area contributed by atoms with Gasteiger partial charge in [-0.15, -0.1) is 0 Å². The topological polar surface area (TPSA) is 45.4 Å². The Kier molecular flexibility index (Phi) is 1.90. The van der Waals surface area contributed by atoms with Crippen molar-refractivity contribution in [3.05, 3.63) is 22.6 Å². The lowest BCUT2D eigenvalue weighted by atomic mass is 10.1. The van der Waals surface area contributed by atoms with E-state index < -0.39 is 0 Å². The second-order valence-corrected chi connectivity index (χ2v) is 3.23. The number of rotatable bonds is 2. The first-order valence-corrected chi connectivity index (χ1v) is 4.30. The molecule has 0 fully saturated rings. The van der Waals surface area contributed by atoms with Gasteiger partial charge in [0.2, 0.25) is 0 Å². The SMILES string of the molecule is Cc1oc2c(c1CNO)CCC2. The molecule has 2 rings (SSSR count). The van der Waals surface area contributed by atoms with Crippen molar-refractivity contribution in [3.63, 3.8) is 0 Å². The van der Waals surface area contributed by atoms with Crippen LogP contribution >= 0.6 is 0 Å². The summed E-state index contributed by atoms with van der Waals surface area (Å²) in [5.74, 6) is 2.07. The molecular weight excluding hydrogens is 154 g/mol. The van der Waals surface area contributed by atoms with E-state index in [9.17, 15) is 0 Å². The Morgan fingerprint density at radius 1 is 1.50 bits per heavy atom. The van der Waals surface area contributed by atoms with Crippen LogP contribution in [-0.2, 0) is 19.4 Å². The smallest absolute Gasteiger partial charge is 0.107 e. The molecular formula is C9H13NO2. The fourth-order valence-electron chi connectivity index (χ4n) is 1.92. The van der Waals surface area contributed by atoms with E-state index in [0.29, 0.717) is 6.54 Å². The van der Waals surface area contributed by atoms with Gasteiger partial charge in [-0.1, -0.05) is 0 Å². The number of furan rings is 1. The van der Waals surface area contributed by atoms with Crippen LogP contribution in [0.25, 0.3) is 0 Å². The van der Waals surface area contributed by atoms with Crippen LogP contribution in [0, 0.1) is 6.92 Å². The summed E-state index contributed by atoms with van der Waals surface area (Å²) in [6.07, 6.45) is 3.35. The normalized spacial score (nSPS) is 15.2. The van der Waals surface area contributed by atoms with Gasteiger partial charge in [0.25, 0.3) is 0 Å². The number of hydrogen-bond acceptors (Lipinski definition) is 3. The maximum Gasteiger partial charge on any atom is 0.107 e. The third-order valence-electron chi connectivity index (χ3n) is 2.49. The maximum atomic E-state index is 8.60. The molecule has 1 aliphatic carbocycles. The first-order valence-electron chi connectivity index (χ1n) is 4.30. The number of hydrogen-bond donors (Lipinski definition) is 2. The average molecular weight is 167 g/mol. The molecule has 0 saturated carbocycles. The van der Waals surface area contributed by atoms with Crippen LogP contribution in [0.5, 0.6) is 0 Å². The van der Waals surface area contributed by atoms with Gasteiger partial charge in [0.15, 0.2) is 0 Å². The molecule has 0 saturated heterocycles. The standard InChI is InChI=1S/C9H13NO2/c1-6-8(5-10-11)7-3-2-4-9(7)12-6/h10-11H,2-5H2,1H3. The number of aryl methyl sites for hydroxylation is 2. The van der Waals surface area contributed by atoms with E-state index in [-0.39, 0.29) is 0 Å². The Balaban J connectivity index is 2.38. The highest BCUT2D eigenvalue weighted by Gasteiger charge is 2.21. The van der Waals surface area contributed by atoms with Crippen molar-refractivity contribution >= 4 is 0 Å². The first kappa shape index (κ1) is 7.83. The summed E-state index contributed by atoms with van der Waals surface area (Å²) in [7, 11) is 0. The van der Waals surface area contributed by atoms with Gasteiger partial charge >= 0.3 is 0 Å². The summed E-state index contributed by atoms with van der Waals surface area (Å²) in [6.45, 7) is 2.45. The second kappa shape index (κ2) is 2.92. The molecule has 12 heavy (non-hydrogen) atoms. The van der Waals surface area contributed by atoms with Gasteiger partial charge in [0, 0.05) is 18.5 Å². The van der Waals surface area contributed by atoms with Gasteiger partial charge in [-0.3, -0.25) is 0 Å². The third-order valence-corrected chi connectivity index (χ3v) is 2.49. The predicted octanol–water partition coefficient (Wildman–Crippen LogP) is 1.56. The fourth-order valence-corrected chi connectivity index (χ4v) is 1.92. The van der Waals surface area contributed by atoms with Gasteiger partial charge in [0.1, 0.15) is 11.5 Å². The quantitative estimate of drug-likeness (QED) is 0.657. The van der Waals surface area contributed by atoms with E-state index in [0.717, 1.165) is 29.9 Å². The van der Waals surface area contributed by atoms with E-state index in [1.54, 1.807) is 0 Å². The lowest BCUT2D eigenvalue weighted by molar-refractivity contribution is 0.160. The molecule has 0 bridgehead atoms. The van der Waals surface area contributed by atoms with Crippen LogP contribution in [0.4, 0.5) is 0 Å². The molecule has 1 aromatic rings. The minimum absolute atomic E-state index is 0.505. The summed E-state index contributed by atoms with van der Waals surface area (Å²) in [5, 5.41) is 8.60. The Bertz CT molecular complexity index is 291. The number of hydroxylamine groups is 1. The molecule has 3 nitrogen and oxygen atoms in total. The monoisotopic (exact) mass is 167 g/mol. The number of fused-ring (bicyclic) bond motifs is 1. The lowest BCUT2D eigenvalue weighted by Crippen LogP contribution is -2.07. The van der Waals surface area contributed by atoms with Crippen LogP contribution < -0.4 is 5.48 Å². The van der Waals surface area contributed by atoms with E-state index in [4.69, 9.17) is 9.62 Å². The zero-order valence-electron chi connectivity index (χ0n) is 7.18. The van der Waals surface area contributed by atoms with Crippen molar-refractivity contribution in [2.45, 2.75) is 32.7 Å². The molecule has 66 valence electrons. The van der Waals surface area contributed by atoms with Gasteiger partial charge in [0.05, 0.1) is 0 Å². The molecule has 0 aliphatic heterocycles. The van der Waals surface area contributed by atoms with Crippen LogP contribution in [0.15, 0.2) is 4.42 Å². The highest BCUT2D eigenvalue weighted by Crippen LogP contribution is 2.29. The zero-order valence-corrected chi connectivity index (χ0v) is 7.18. The molecule has 3 heteroatoms. The highest BCUT2D eigenvalue weighted by atomic mass is 16.5. The Morgan fingerprint density at radius 2 is 2.33 bits per heavy atom. The largest absolute Gasteiger partial charge is 0.466 e. The van der Waals surface area contributed by atoms with Crippen LogP contribution in [0.3, 0.4) is 0 Å². The summed E-state index contributed by atoms with van der Waals surface area (Å²) >= 11 is 0. The van der Waals surface area contributed by atoms with Crippen LogP contribution in [0.2, 0.25) is 0 Å². The molecule has 0 aromatic carbocycles. The van der Waals surface area contributed by atoms with Crippen molar-refractivity contribution in [3.8, 4) is 0 Å². The van der Waals surface area contributed by atoms with Crippen molar-refractivity contribution < 1.29 is 9.62 Å². The van der Waals surface area contributed by atoms with Crippen molar-refractivity contribution in [1.82, 2.24) is 5.48 Å². The van der Waals surface area contributed by atoms with Crippen molar-refractivity contribution in [2.24, 2.45) is 0 Å². The molecule has 1 aliphatic rings. The summed E-state index contributed by atoms with van der Waals surface area (Å²) in [5.41, 5.74) is 4.64. The van der Waals surface area contributed by atoms with Crippen molar-refractivity contribution in [1.29, 1.82) is 0 Å². The average Bonchev–Trinajstić information content (AvgIpc) is 2.56. The molecule has 1 aromatic heterocycles. The van der Waals surface area contributed by atoms with Crippen LogP contribution in [-0.4, -0.2) is 5.21 Å². The van der Waals surface area contributed by atoms with Crippen molar-refractivity contribution in [2.75, 3.05) is 0 Å². The van der Waals surface area contributed by atoms with E-state index >= 15 is 0 Å². The summed E-state index contributed by atoms with van der Waals surface area (Å²) in [4.78, 5) is 0. The molecule has 0 spiro atoms. The maximum absolute atomic E-state index is 8.60. The number of nitrogens with one attached hydrogen (secondary N) is 1. The minimum Gasteiger partial charge on any atom is -0.466 e. The van der Waals surface area contributed by atoms with Gasteiger partial charge in [-0.05, 0) is 25.3 Å². The van der Waals surface area contributed by atoms with Gasteiger partial charge in [-0.2, -0.15) is 0 Å². The van der Waals surface area contributed by atoms with Gasteiger partial charge < -0.3 is 9.62 Å². The molecule has 0 unspecified atom stereocenters. The highest BCUT2D eigenvalue weighted by molar-refractivity contribution is 5.35. The Morgan fingerprint density at radius 3 is 3.08 bits per heavy atom. The molecule has 0 amide bonds. The minimum atomic E-state index is 0.505. The lowest BCUT2D eigenvalue weighted by Gasteiger charge is -1.98. The Hall–Kier alpha value is -0.800. The fraction of sp³-hybridized carbons (Fsp3) is 0.556. The first-order chi connectivity index (χ1) is 5.83. The van der Waals surface area contributed by atoms with Crippen LogP contribution in [0.1, 0.15) is 29.1 Å². The van der Waals surface area contributed by atoms with E-state index in [1.807, 2.05) is 6.92 Å². The second-order valence-electron chi connectivity index (χ2n) is 3.23. The van der Waals surface area contributed by atoms with E-state index in [1.165, 1.54) is 12.0 Å². The Labute approximate surface area is 71.3 Å². The van der Waals surface area contributed by atoms with Gasteiger partial charge in [-0.25, -0.2) is 5.48 Å². The third kappa shape index (κ3) is 1.06. The zero-order chi connectivity index (χ0) is 8.55. The summed E-state index contributed by atoms with van der Waals surface area (Å²) in [6, 6.07) is 0. The summed E-state index contributed by atoms with van der Waals surface area (Å²) < 4.78 is 5.56. The molecule has 0 radical (unpaired) electrons. The molecule has 0 atom stereocenters. The van der Waals surface area contributed by atoms with E-state index in [2.05, 4.69) is 5.48 Å². The predicted molar refractivity (Wildman–Crippen MR) is 44.1 cm³/mol.